The fraction of sp³-hybridized carbons (Fsp3) is 0.273. The molecule has 0 saturated heterocycles. The molecule has 94 valence electrons. The van der Waals surface area contributed by atoms with Crippen molar-refractivity contribution in [2.24, 2.45) is 0 Å². The van der Waals surface area contributed by atoms with Crippen LogP contribution in [0.15, 0.2) is 24.3 Å². The molecule has 3 N–H and O–H groups in total. The monoisotopic (exact) mass is 247 g/mol. The van der Waals surface area contributed by atoms with Crippen molar-refractivity contribution in [1.82, 2.24) is 25.9 Å². The third kappa shape index (κ3) is 3.03. The second-order valence-electron chi connectivity index (χ2n) is 3.91. The Morgan fingerprint density at radius 1 is 1.56 bits per heavy atom. The van der Waals surface area contributed by atoms with Gasteiger partial charge in [-0.15, -0.1) is 10.2 Å². The van der Waals surface area contributed by atoms with Crippen LogP contribution in [0.2, 0.25) is 0 Å². The minimum Gasteiger partial charge on any atom is -0.508 e. The van der Waals surface area contributed by atoms with Crippen LogP contribution in [0.5, 0.6) is 5.75 Å². The first-order valence-corrected chi connectivity index (χ1v) is 5.46. The predicted octanol–water partition coefficient (Wildman–Crippen LogP) is 0.325. The number of rotatable bonds is 4. The van der Waals surface area contributed by atoms with Crippen LogP contribution in [0.25, 0.3) is 0 Å². The second-order valence-corrected chi connectivity index (χ2v) is 3.91. The summed E-state index contributed by atoms with van der Waals surface area (Å²) >= 11 is 0. The molecular formula is C11H13N5O2. The molecule has 7 nitrogen and oxygen atoms in total. The number of aromatic nitrogens is 4. The molecule has 1 atom stereocenters. The predicted molar refractivity (Wildman–Crippen MR) is 62.5 cm³/mol. The standard InChI is InChI=1S/C11H13N5O2/c1-7(11-13-15-16-14-11)12-10(18)6-8-3-2-4-9(17)5-8/h2-5,7,17H,6H2,1H3,(H,12,18)(H,13,14,15,16). The Morgan fingerprint density at radius 3 is 3.06 bits per heavy atom. The molecule has 18 heavy (non-hydrogen) atoms. The van der Waals surface area contributed by atoms with Gasteiger partial charge in [-0.25, -0.2) is 0 Å². The number of amides is 1. The van der Waals surface area contributed by atoms with Gasteiger partial charge >= 0.3 is 0 Å². The maximum absolute atomic E-state index is 11.8. The fourth-order valence-corrected chi connectivity index (χ4v) is 1.56. The van der Waals surface area contributed by atoms with Gasteiger partial charge in [0.25, 0.3) is 0 Å². The maximum atomic E-state index is 11.8. The smallest absolute Gasteiger partial charge is 0.225 e. The summed E-state index contributed by atoms with van der Waals surface area (Å²) in [5.41, 5.74) is 0.743. The molecule has 0 bridgehead atoms. The second kappa shape index (κ2) is 5.26. The van der Waals surface area contributed by atoms with Gasteiger partial charge in [0.15, 0.2) is 5.82 Å². The van der Waals surface area contributed by atoms with Gasteiger partial charge in [0.2, 0.25) is 5.91 Å². The number of hydrogen-bond acceptors (Lipinski definition) is 5. The van der Waals surface area contributed by atoms with Crippen molar-refractivity contribution >= 4 is 5.91 Å². The summed E-state index contributed by atoms with van der Waals surface area (Å²) in [5, 5.41) is 25.4. The number of tetrazole rings is 1. The molecular weight excluding hydrogens is 234 g/mol. The molecule has 0 spiro atoms. The number of phenolic OH excluding ortho intramolecular Hbond substituents is 1. The molecule has 0 aliphatic carbocycles. The van der Waals surface area contributed by atoms with E-state index in [-0.39, 0.29) is 24.1 Å². The zero-order valence-electron chi connectivity index (χ0n) is 9.79. The number of carbonyl (C=O) groups excluding carboxylic acids is 1. The van der Waals surface area contributed by atoms with Crippen LogP contribution >= 0.6 is 0 Å². The summed E-state index contributed by atoms with van der Waals surface area (Å²) in [5.74, 6) is 0.406. The number of nitrogens with zero attached hydrogens (tertiary/aromatic N) is 3. The van der Waals surface area contributed by atoms with Gasteiger partial charge in [-0.1, -0.05) is 17.3 Å². The van der Waals surface area contributed by atoms with Crippen LogP contribution in [0.3, 0.4) is 0 Å². The van der Waals surface area contributed by atoms with Crippen LogP contribution in [0.4, 0.5) is 0 Å². The number of benzene rings is 1. The topological polar surface area (TPSA) is 104 Å². The Labute approximate surface area is 103 Å². The number of hydrogen-bond donors (Lipinski definition) is 3. The highest BCUT2D eigenvalue weighted by molar-refractivity contribution is 5.78. The summed E-state index contributed by atoms with van der Waals surface area (Å²) in [6.07, 6.45) is 0.191. The number of aromatic hydroxyl groups is 1. The molecule has 2 rings (SSSR count). The van der Waals surface area contributed by atoms with E-state index in [0.29, 0.717) is 5.82 Å². The Morgan fingerprint density at radius 2 is 2.39 bits per heavy atom. The number of phenols is 1. The van der Waals surface area contributed by atoms with Gasteiger partial charge in [-0.3, -0.25) is 4.79 Å². The van der Waals surface area contributed by atoms with Gasteiger partial charge in [-0.2, -0.15) is 5.21 Å². The van der Waals surface area contributed by atoms with Crippen LogP contribution in [-0.4, -0.2) is 31.6 Å². The van der Waals surface area contributed by atoms with Crippen molar-refractivity contribution in [3.05, 3.63) is 35.7 Å². The lowest BCUT2D eigenvalue weighted by molar-refractivity contribution is -0.121. The Hall–Kier alpha value is -2.44. The Bertz CT molecular complexity index is 526. The molecule has 0 aliphatic heterocycles. The van der Waals surface area contributed by atoms with E-state index in [9.17, 15) is 9.90 Å². The molecule has 1 aromatic heterocycles. The van der Waals surface area contributed by atoms with Gasteiger partial charge in [0.05, 0.1) is 12.5 Å². The van der Waals surface area contributed by atoms with E-state index in [1.54, 1.807) is 31.2 Å². The molecule has 1 unspecified atom stereocenters. The van der Waals surface area contributed by atoms with E-state index in [1.165, 1.54) is 0 Å². The Balaban J connectivity index is 1.93. The lowest BCUT2D eigenvalue weighted by Crippen LogP contribution is -2.28. The molecule has 0 fully saturated rings. The zero-order valence-corrected chi connectivity index (χ0v) is 9.79. The molecule has 1 aromatic carbocycles. The van der Waals surface area contributed by atoms with E-state index >= 15 is 0 Å². The SMILES string of the molecule is CC(NC(=O)Cc1cccc(O)c1)c1nn[nH]n1. The average molecular weight is 247 g/mol. The summed E-state index contributed by atoms with van der Waals surface area (Å²) in [6.45, 7) is 1.77. The summed E-state index contributed by atoms with van der Waals surface area (Å²) in [4.78, 5) is 11.8. The number of nitrogens with one attached hydrogen (secondary N) is 2. The van der Waals surface area contributed by atoms with E-state index in [0.717, 1.165) is 5.56 Å². The molecule has 7 heteroatoms. The van der Waals surface area contributed by atoms with Crippen molar-refractivity contribution in [3.8, 4) is 5.75 Å². The van der Waals surface area contributed by atoms with Crippen molar-refractivity contribution in [3.63, 3.8) is 0 Å². The van der Waals surface area contributed by atoms with Crippen molar-refractivity contribution < 1.29 is 9.90 Å². The summed E-state index contributed by atoms with van der Waals surface area (Å²) < 4.78 is 0. The van der Waals surface area contributed by atoms with Crippen LogP contribution in [0.1, 0.15) is 24.4 Å². The molecule has 1 heterocycles. The number of carbonyl (C=O) groups is 1. The van der Waals surface area contributed by atoms with E-state index in [4.69, 9.17) is 0 Å². The highest BCUT2D eigenvalue weighted by Gasteiger charge is 2.13. The van der Waals surface area contributed by atoms with Crippen molar-refractivity contribution in [1.29, 1.82) is 0 Å². The van der Waals surface area contributed by atoms with Crippen LogP contribution < -0.4 is 5.32 Å². The Kier molecular flexibility index (Phi) is 3.52. The van der Waals surface area contributed by atoms with Gasteiger partial charge in [-0.05, 0) is 24.6 Å². The quantitative estimate of drug-likeness (QED) is 0.722. The summed E-state index contributed by atoms with van der Waals surface area (Å²) in [7, 11) is 0. The van der Waals surface area contributed by atoms with Gasteiger partial charge in [0, 0.05) is 0 Å². The third-order valence-corrected chi connectivity index (χ3v) is 2.40. The van der Waals surface area contributed by atoms with Crippen molar-refractivity contribution in [2.45, 2.75) is 19.4 Å². The summed E-state index contributed by atoms with van der Waals surface area (Å²) in [6, 6.07) is 6.27. The molecule has 0 saturated carbocycles. The highest BCUT2D eigenvalue weighted by atomic mass is 16.3. The van der Waals surface area contributed by atoms with Crippen LogP contribution in [0, 0.1) is 0 Å². The van der Waals surface area contributed by atoms with Crippen LogP contribution in [-0.2, 0) is 11.2 Å². The lowest BCUT2D eigenvalue weighted by Gasteiger charge is -2.09. The molecule has 2 aromatic rings. The first kappa shape index (κ1) is 12.0. The van der Waals surface area contributed by atoms with E-state index < -0.39 is 0 Å². The molecule has 1 amide bonds. The number of H-pyrrole nitrogens is 1. The van der Waals surface area contributed by atoms with Crippen molar-refractivity contribution in [2.75, 3.05) is 0 Å². The lowest BCUT2D eigenvalue weighted by atomic mass is 10.1. The highest BCUT2D eigenvalue weighted by Crippen LogP contribution is 2.12. The first-order valence-electron chi connectivity index (χ1n) is 5.46. The minimum atomic E-state index is -0.312. The third-order valence-electron chi connectivity index (χ3n) is 2.40. The normalized spacial score (nSPS) is 12.1. The van der Waals surface area contributed by atoms with E-state index in [1.807, 2.05) is 0 Å². The fourth-order valence-electron chi connectivity index (χ4n) is 1.56. The first-order chi connectivity index (χ1) is 8.65. The molecule has 0 radical (unpaired) electrons. The maximum Gasteiger partial charge on any atom is 0.225 e. The average Bonchev–Trinajstić information content (AvgIpc) is 2.81. The van der Waals surface area contributed by atoms with Gasteiger partial charge in [0.1, 0.15) is 5.75 Å². The van der Waals surface area contributed by atoms with E-state index in [2.05, 4.69) is 25.9 Å². The number of aromatic amines is 1. The largest absolute Gasteiger partial charge is 0.508 e. The van der Waals surface area contributed by atoms with Gasteiger partial charge < -0.3 is 10.4 Å². The molecule has 0 aliphatic rings. The zero-order chi connectivity index (χ0) is 13.0. The minimum absolute atomic E-state index is 0.145.